The van der Waals surface area contributed by atoms with Crippen molar-refractivity contribution in [1.29, 1.82) is 0 Å². The second-order valence-electron chi connectivity index (χ2n) is 7.40. The van der Waals surface area contributed by atoms with Crippen LogP contribution in [0, 0.1) is 6.92 Å². The van der Waals surface area contributed by atoms with Crippen LogP contribution in [0.2, 0.25) is 5.02 Å². The van der Waals surface area contributed by atoms with E-state index in [4.69, 9.17) is 16.7 Å². The van der Waals surface area contributed by atoms with Crippen LogP contribution in [0.4, 0.5) is 0 Å². The highest BCUT2D eigenvalue weighted by molar-refractivity contribution is 7.89. The van der Waals surface area contributed by atoms with Gasteiger partial charge in [-0.1, -0.05) is 59.6 Å². The van der Waals surface area contributed by atoms with E-state index in [0.717, 1.165) is 9.87 Å². The van der Waals surface area contributed by atoms with E-state index in [1.807, 2.05) is 6.92 Å². The molecular weight excluding hydrogens is 478 g/mol. The Kier molecular flexibility index (Phi) is 8.17. The van der Waals surface area contributed by atoms with E-state index in [2.05, 4.69) is 10.5 Å². The first kappa shape index (κ1) is 25.1. The predicted octanol–water partition coefficient (Wildman–Crippen LogP) is 3.69. The zero-order valence-electron chi connectivity index (χ0n) is 18.2. The summed E-state index contributed by atoms with van der Waals surface area (Å²) >= 11 is 6.22. The number of amides is 1. The van der Waals surface area contributed by atoms with Crippen LogP contribution in [0.25, 0.3) is 0 Å². The molecule has 0 saturated heterocycles. The molecule has 0 spiro atoms. The summed E-state index contributed by atoms with van der Waals surface area (Å²) in [5.74, 6) is -1.70. The number of hydrogen-bond acceptors (Lipinski definition) is 5. The molecule has 3 aromatic carbocycles. The molecule has 8 nitrogen and oxygen atoms in total. The molecule has 0 aromatic heterocycles. The van der Waals surface area contributed by atoms with Crippen molar-refractivity contribution in [1.82, 2.24) is 9.73 Å². The molecule has 0 aliphatic rings. The second kappa shape index (κ2) is 11.1. The Hall–Kier alpha value is -3.53. The summed E-state index contributed by atoms with van der Waals surface area (Å²) in [4.78, 5) is 23.5. The van der Waals surface area contributed by atoms with E-state index in [-0.39, 0.29) is 17.0 Å². The highest BCUT2D eigenvalue weighted by Crippen LogP contribution is 2.22. The van der Waals surface area contributed by atoms with Crippen molar-refractivity contribution in [3.63, 3.8) is 0 Å². The topological polar surface area (TPSA) is 116 Å². The van der Waals surface area contributed by atoms with Gasteiger partial charge in [0, 0.05) is 11.6 Å². The summed E-state index contributed by atoms with van der Waals surface area (Å²) in [6.07, 6.45) is 1.33. The number of halogens is 1. The molecule has 0 heterocycles. The van der Waals surface area contributed by atoms with Crippen molar-refractivity contribution in [2.45, 2.75) is 18.4 Å². The lowest BCUT2D eigenvalue weighted by molar-refractivity contribution is -0.121. The Labute approximate surface area is 202 Å². The van der Waals surface area contributed by atoms with E-state index in [1.54, 1.807) is 36.4 Å². The van der Waals surface area contributed by atoms with Gasteiger partial charge in [0.05, 0.1) is 23.2 Å². The molecule has 0 bridgehead atoms. The van der Waals surface area contributed by atoms with Gasteiger partial charge in [0.25, 0.3) is 5.91 Å². The fourth-order valence-electron chi connectivity index (χ4n) is 2.99. The van der Waals surface area contributed by atoms with Gasteiger partial charge >= 0.3 is 5.97 Å². The minimum absolute atomic E-state index is 0.0555. The number of carbonyl (C=O) groups is 2. The van der Waals surface area contributed by atoms with Gasteiger partial charge in [0.2, 0.25) is 10.0 Å². The second-order valence-corrected chi connectivity index (χ2v) is 9.74. The zero-order chi connectivity index (χ0) is 24.7. The fourth-order valence-corrected chi connectivity index (χ4v) is 4.56. The molecule has 10 heteroatoms. The fraction of sp³-hybridized carbons (Fsp3) is 0.125. The van der Waals surface area contributed by atoms with E-state index in [1.165, 1.54) is 42.6 Å². The van der Waals surface area contributed by atoms with Crippen molar-refractivity contribution in [2.24, 2.45) is 5.10 Å². The first-order valence-corrected chi connectivity index (χ1v) is 11.9. The number of carboxylic acid groups (broad SMARTS) is 1. The molecule has 0 aliphatic carbocycles. The molecule has 0 radical (unpaired) electrons. The van der Waals surface area contributed by atoms with Gasteiger partial charge in [0.1, 0.15) is 0 Å². The summed E-state index contributed by atoms with van der Waals surface area (Å²) < 4.78 is 27.6. The molecule has 0 unspecified atom stereocenters. The number of carboxylic acids is 1. The van der Waals surface area contributed by atoms with Gasteiger partial charge in [-0.05, 0) is 48.4 Å². The maximum Gasteiger partial charge on any atom is 0.335 e. The number of benzene rings is 3. The standard InChI is InChI=1S/C24H22ClN3O5S/c1-17-6-12-21(13-7-17)34(32,33)28(15-20-4-2-3-5-22(20)25)16-23(29)27-26-14-18-8-10-19(11-9-18)24(30)31/h2-14H,15-16H2,1H3,(H,27,29)(H,30,31)/b26-14-. The van der Waals surface area contributed by atoms with Crippen LogP contribution in [-0.4, -0.2) is 42.5 Å². The number of aryl methyl sites for hydroxylation is 1. The van der Waals surface area contributed by atoms with Gasteiger partial charge in [-0.3, -0.25) is 4.79 Å². The van der Waals surface area contributed by atoms with E-state index >= 15 is 0 Å². The average molecular weight is 500 g/mol. The SMILES string of the molecule is Cc1ccc(S(=O)(=O)N(CC(=O)N/N=C\c2ccc(C(=O)O)cc2)Cc2ccccc2Cl)cc1. The molecular formula is C24H22ClN3O5S. The number of sulfonamides is 1. The highest BCUT2D eigenvalue weighted by atomic mass is 35.5. The van der Waals surface area contributed by atoms with Gasteiger partial charge in [-0.25, -0.2) is 18.6 Å². The number of hydrazone groups is 1. The van der Waals surface area contributed by atoms with Crippen LogP contribution in [0.5, 0.6) is 0 Å². The molecule has 0 fully saturated rings. The van der Waals surface area contributed by atoms with Gasteiger partial charge in [0.15, 0.2) is 0 Å². The number of hydrogen-bond donors (Lipinski definition) is 2. The third-order valence-electron chi connectivity index (χ3n) is 4.84. The number of nitrogens with one attached hydrogen (secondary N) is 1. The zero-order valence-corrected chi connectivity index (χ0v) is 19.8. The summed E-state index contributed by atoms with van der Waals surface area (Å²) in [6, 6.07) is 19.0. The maximum atomic E-state index is 13.3. The maximum absolute atomic E-state index is 13.3. The predicted molar refractivity (Wildman–Crippen MR) is 129 cm³/mol. The molecule has 0 atom stereocenters. The van der Waals surface area contributed by atoms with Crippen LogP contribution in [-0.2, 0) is 21.4 Å². The Morgan fingerprint density at radius 3 is 2.29 bits per heavy atom. The van der Waals surface area contributed by atoms with Crippen molar-refractivity contribution in [2.75, 3.05) is 6.54 Å². The molecule has 3 aromatic rings. The highest BCUT2D eigenvalue weighted by Gasteiger charge is 2.27. The lowest BCUT2D eigenvalue weighted by Gasteiger charge is -2.22. The van der Waals surface area contributed by atoms with Crippen LogP contribution < -0.4 is 5.43 Å². The van der Waals surface area contributed by atoms with Crippen LogP contribution >= 0.6 is 11.6 Å². The van der Waals surface area contributed by atoms with Gasteiger partial charge in [-0.15, -0.1) is 0 Å². The van der Waals surface area contributed by atoms with Crippen molar-refractivity contribution >= 4 is 39.7 Å². The molecule has 34 heavy (non-hydrogen) atoms. The lowest BCUT2D eigenvalue weighted by Crippen LogP contribution is -2.39. The number of rotatable bonds is 9. The normalized spacial score (nSPS) is 11.6. The Bertz CT molecular complexity index is 1310. The minimum Gasteiger partial charge on any atom is -0.478 e. The minimum atomic E-state index is -4.01. The number of carbonyl (C=O) groups excluding carboxylic acids is 1. The molecule has 0 saturated carbocycles. The quantitative estimate of drug-likeness (QED) is 0.344. The number of aromatic carboxylic acids is 1. The third kappa shape index (κ3) is 6.50. The van der Waals surface area contributed by atoms with Crippen LogP contribution in [0.1, 0.15) is 27.0 Å². The van der Waals surface area contributed by atoms with Gasteiger partial charge in [-0.2, -0.15) is 9.41 Å². The summed E-state index contributed by atoms with van der Waals surface area (Å²) in [6.45, 7) is 1.25. The third-order valence-corrected chi connectivity index (χ3v) is 7.02. The number of nitrogens with zero attached hydrogens (tertiary/aromatic N) is 2. The van der Waals surface area contributed by atoms with E-state index < -0.39 is 28.4 Å². The summed E-state index contributed by atoms with van der Waals surface area (Å²) in [5.41, 5.74) is 4.44. The first-order valence-electron chi connectivity index (χ1n) is 10.1. The van der Waals surface area contributed by atoms with E-state index in [0.29, 0.717) is 16.1 Å². The van der Waals surface area contributed by atoms with Crippen LogP contribution in [0.3, 0.4) is 0 Å². The Morgan fingerprint density at radius 1 is 1.03 bits per heavy atom. The molecule has 176 valence electrons. The molecule has 0 aliphatic heterocycles. The summed E-state index contributed by atoms with van der Waals surface area (Å²) in [5, 5.41) is 13.2. The molecule has 3 rings (SSSR count). The smallest absolute Gasteiger partial charge is 0.335 e. The Morgan fingerprint density at radius 2 is 1.68 bits per heavy atom. The van der Waals surface area contributed by atoms with Gasteiger partial charge < -0.3 is 5.11 Å². The molecule has 2 N–H and O–H groups in total. The van der Waals surface area contributed by atoms with Crippen molar-refractivity contribution in [3.05, 3.63) is 100 Å². The first-order chi connectivity index (χ1) is 16.2. The van der Waals surface area contributed by atoms with E-state index in [9.17, 15) is 18.0 Å². The monoisotopic (exact) mass is 499 g/mol. The summed E-state index contributed by atoms with van der Waals surface area (Å²) in [7, 11) is -4.01. The average Bonchev–Trinajstić information content (AvgIpc) is 2.80. The Balaban J connectivity index is 1.77. The van der Waals surface area contributed by atoms with Crippen molar-refractivity contribution in [3.8, 4) is 0 Å². The lowest BCUT2D eigenvalue weighted by atomic mass is 10.1. The van der Waals surface area contributed by atoms with Crippen LogP contribution in [0.15, 0.2) is 82.8 Å². The molecule has 1 amide bonds. The van der Waals surface area contributed by atoms with Crippen molar-refractivity contribution < 1.29 is 23.1 Å². The largest absolute Gasteiger partial charge is 0.478 e.